The molecule has 0 bridgehead atoms. The molecular formula is C18H22N6OS2. The molecule has 0 radical (unpaired) electrons. The van der Waals surface area contributed by atoms with Gasteiger partial charge in [0, 0.05) is 24.7 Å². The second-order valence-corrected chi connectivity index (χ2v) is 7.38. The van der Waals surface area contributed by atoms with Gasteiger partial charge in [-0.2, -0.15) is 5.10 Å². The average molecular weight is 403 g/mol. The molecule has 0 atom stereocenters. The predicted molar refractivity (Wildman–Crippen MR) is 109 cm³/mol. The lowest BCUT2D eigenvalue weighted by molar-refractivity contribution is 0.0946. The lowest BCUT2D eigenvalue weighted by Crippen LogP contribution is -2.28. The molecule has 7 nitrogen and oxygen atoms in total. The second-order valence-electron chi connectivity index (χ2n) is 6.22. The molecule has 0 unspecified atom stereocenters. The highest BCUT2D eigenvalue weighted by Crippen LogP contribution is 2.21. The Hall–Kier alpha value is -2.39. The summed E-state index contributed by atoms with van der Waals surface area (Å²) < 4.78 is 4.42. The zero-order valence-corrected chi connectivity index (χ0v) is 17.1. The number of imidazole rings is 1. The SMILES string of the molecule is CSc1ncc(C(=O)NCCc2n[nH]c(=S)n2C(C)C)n1-c1ccccc1. The van der Waals surface area contributed by atoms with Crippen LogP contribution in [-0.4, -0.2) is 43.0 Å². The first-order valence-electron chi connectivity index (χ1n) is 8.64. The van der Waals surface area contributed by atoms with Crippen LogP contribution >= 0.6 is 24.0 Å². The Morgan fingerprint density at radius 3 is 2.74 bits per heavy atom. The molecule has 0 spiro atoms. The number of para-hydroxylation sites is 1. The Bertz CT molecular complexity index is 973. The Labute approximate surface area is 167 Å². The van der Waals surface area contributed by atoms with Gasteiger partial charge in [0.2, 0.25) is 0 Å². The molecule has 0 aliphatic carbocycles. The van der Waals surface area contributed by atoms with Crippen LogP contribution in [-0.2, 0) is 6.42 Å². The fourth-order valence-electron chi connectivity index (χ4n) is 2.89. The summed E-state index contributed by atoms with van der Waals surface area (Å²) in [5.74, 6) is 0.661. The smallest absolute Gasteiger partial charge is 0.269 e. The number of hydrogen-bond acceptors (Lipinski definition) is 5. The number of H-pyrrole nitrogens is 1. The van der Waals surface area contributed by atoms with E-state index in [-0.39, 0.29) is 11.9 Å². The summed E-state index contributed by atoms with van der Waals surface area (Å²) in [7, 11) is 0. The van der Waals surface area contributed by atoms with Crippen LogP contribution in [0.4, 0.5) is 0 Å². The van der Waals surface area contributed by atoms with Gasteiger partial charge in [0.15, 0.2) is 9.93 Å². The van der Waals surface area contributed by atoms with Crippen LogP contribution in [0.5, 0.6) is 0 Å². The van der Waals surface area contributed by atoms with Gasteiger partial charge in [0.05, 0.1) is 6.20 Å². The molecule has 0 aliphatic rings. The zero-order valence-electron chi connectivity index (χ0n) is 15.5. The molecule has 142 valence electrons. The van der Waals surface area contributed by atoms with Crippen molar-refractivity contribution < 1.29 is 4.79 Å². The van der Waals surface area contributed by atoms with E-state index in [1.165, 1.54) is 11.8 Å². The lowest BCUT2D eigenvalue weighted by Gasteiger charge is -2.12. The maximum Gasteiger partial charge on any atom is 0.269 e. The third-order valence-corrected chi connectivity index (χ3v) is 5.03. The van der Waals surface area contributed by atoms with Crippen LogP contribution in [0, 0.1) is 4.77 Å². The van der Waals surface area contributed by atoms with Crippen molar-refractivity contribution in [2.75, 3.05) is 12.8 Å². The molecule has 3 rings (SSSR count). The monoisotopic (exact) mass is 402 g/mol. The highest BCUT2D eigenvalue weighted by Gasteiger charge is 2.18. The molecule has 0 saturated carbocycles. The highest BCUT2D eigenvalue weighted by molar-refractivity contribution is 7.98. The van der Waals surface area contributed by atoms with Crippen molar-refractivity contribution in [1.29, 1.82) is 0 Å². The van der Waals surface area contributed by atoms with Crippen molar-refractivity contribution in [2.45, 2.75) is 31.5 Å². The highest BCUT2D eigenvalue weighted by atomic mass is 32.2. The summed E-state index contributed by atoms with van der Waals surface area (Å²) in [6, 6.07) is 9.95. The van der Waals surface area contributed by atoms with Crippen LogP contribution < -0.4 is 5.32 Å². The van der Waals surface area contributed by atoms with Crippen molar-refractivity contribution in [3.63, 3.8) is 0 Å². The molecule has 0 fully saturated rings. The van der Waals surface area contributed by atoms with E-state index in [0.717, 1.165) is 16.7 Å². The van der Waals surface area contributed by atoms with Gasteiger partial charge < -0.3 is 9.88 Å². The van der Waals surface area contributed by atoms with Gasteiger partial charge in [-0.25, -0.2) is 4.98 Å². The van der Waals surface area contributed by atoms with Crippen molar-refractivity contribution >= 4 is 29.9 Å². The zero-order chi connectivity index (χ0) is 19.4. The average Bonchev–Trinajstić information content (AvgIpc) is 3.25. The van der Waals surface area contributed by atoms with Crippen LogP contribution in [0.2, 0.25) is 0 Å². The summed E-state index contributed by atoms with van der Waals surface area (Å²) in [6.45, 7) is 4.56. The summed E-state index contributed by atoms with van der Waals surface area (Å²) in [4.78, 5) is 17.1. The fourth-order valence-corrected chi connectivity index (χ4v) is 3.80. The van der Waals surface area contributed by atoms with E-state index < -0.39 is 0 Å². The Balaban J connectivity index is 1.74. The van der Waals surface area contributed by atoms with E-state index in [4.69, 9.17) is 12.2 Å². The van der Waals surface area contributed by atoms with E-state index >= 15 is 0 Å². The minimum atomic E-state index is -0.170. The van der Waals surface area contributed by atoms with Crippen molar-refractivity contribution in [1.82, 2.24) is 29.6 Å². The number of rotatable bonds is 7. The largest absolute Gasteiger partial charge is 0.350 e. The van der Waals surface area contributed by atoms with Crippen LogP contribution in [0.25, 0.3) is 5.69 Å². The van der Waals surface area contributed by atoms with Gasteiger partial charge in [-0.15, -0.1) is 0 Å². The summed E-state index contributed by atoms with van der Waals surface area (Å²) >= 11 is 6.76. The third-order valence-electron chi connectivity index (χ3n) is 4.09. The quantitative estimate of drug-likeness (QED) is 0.468. The number of nitrogens with zero attached hydrogens (tertiary/aromatic N) is 4. The minimum Gasteiger partial charge on any atom is -0.350 e. The summed E-state index contributed by atoms with van der Waals surface area (Å²) in [5.41, 5.74) is 1.42. The molecule has 27 heavy (non-hydrogen) atoms. The molecule has 3 aromatic rings. The number of carbonyl (C=O) groups is 1. The fraction of sp³-hybridized carbons (Fsp3) is 0.333. The van der Waals surface area contributed by atoms with Crippen molar-refractivity contribution in [3.8, 4) is 5.69 Å². The predicted octanol–water partition coefficient (Wildman–Crippen LogP) is 3.40. The van der Waals surface area contributed by atoms with Gasteiger partial charge in [0.1, 0.15) is 11.5 Å². The molecule has 2 N–H and O–H groups in total. The number of aromatic nitrogens is 5. The van der Waals surface area contributed by atoms with Gasteiger partial charge >= 0.3 is 0 Å². The van der Waals surface area contributed by atoms with E-state index in [1.807, 2.05) is 45.7 Å². The number of aromatic amines is 1. The molecule has 9 heteroatoms. The van der Waals surface area contributed by atoms with Crippen LogP contribution in [0.1, 0.15) is 36.2 Å². The molecule has 1 aromatic carbocycles. The Morgan fingerprint density at radius 1 is 1.33 bits per heavy atom. The number of hydrogen-bond donors (Lipinski definition) is 2. The summed E-state index contributed by atoms with van der Waals surface area (Å²) in [6.07, 6.45) is 4.14. The van der Waals surface area contributed by atoms with Gasteiger partial charge in [-0.3, -0.25) is 14.5 Å². The van der Waals surface area contributed by atoms with Gasteiger partial charge in [-0.1, -0.05) is 30.0 Å². The first-order valence-corrected chi connectivity index (χ1v) is 10.3. The second kappa shape index (κ2) is 8.53. The van der Waals surface area contributed by atoms with E-state index in [0.29, 0.717) is 23.4 Å². The first-order chi connectivity index (χ1) is 13.0. The van der Waals surface area contributed by atoms with E-state index in [1.54, 1.807) is 6.20 Å². The number of nitrogens with one attached hydrogen (secondary N) is 2. The Kier molecular flexibility index (Phi) is 6.12. The van der Waals surface area contributed by atoms with Crippen molar-refractivity contribution in [2.24, 2.45) is 0 Å². The van der Waals surface area contributed by atoms with Crippen LogP contribution in [0.3, 0.4) is 0 Å². The molecule has 0 saturated heterocycles. The molecule has 2 heterocycles. The minimum absolute atomic E-state index is 0.170. The topological polar surface area (TPSA) is 80.5 Å². The standard InChI is InChI=1S/C18H22N6OS2/c1-12(2)23-15(21-22-17(23)26)9-10-19-16(25)14-11-20-18(27-3)24(14)13-7-5-4-6-8-13/h4-8,11-12H,9-10H2,1-3H3,(H,19,25)(H,22,26). The number of benzene rings is 1. The normalized spacial score (nSPS) is 11.1. The number of carbonyl (C=O) groups excluding carboxylic acids is 1. The van der Waals surface area contributed by atoms with E-state index in [9.17, 15) is 4.79 Å². The Morgan fingerprint density at radius 2 is 2.07 bits per heavy atom. The first kappa shape index (κ1) is 19.4. The van der Waals surface area contributed by atoms with Crippen LogP contribution in [0.15, 0.2) is 41.7 Å². The lowest BCUT2D eigenvalue weighted by atomic mass is 10.3. The van der Waals surface area contributed by atoms with Gasteiger partial charge in [0.25, 0.3) is 5.91 Å². The molecule has 1 amide bonds. The summed E-state index contributed by atoms with van der Waals surface area (Å²) in [5, 5.41) is 10.8. The van der Waals surface area contributed by atoms with Crippen molar-refractivity contribution in [3.05, 3.63) is 52.8 Å². The van der Waals surface area contributed by atoms with E-state index in [2.05, 4.69) is 34.3 Å². The molecule has 2 aromatic heterocycles. The number of thioether (sulfide) groups is 1. The molecule has 0 aliphatic heterocycles. The maximum atomic E-state index is 12.7. The molecular weight excluding hydrogens is 380 g/mol. The number of amides is 1. The third kappa shape index (κ3) is 4.14. The van der Waals surface area contributed by atoms with Gasteiger partial charge in [-0.05, 0) is 44.5 Å². The maximum absolute atomic E-state index is 12.7.